The molecule has 2 heteroatoms. The fourth-order valence-corrected chi connectivity index (χ4v) is 2.99. The maximum atomic E-state index is 5.98. The average Bonchev–Trinajstić information content (AvgIpc) is 2.62. The SMILES string of the molecule is C[C@@]1(COCc2ccccc2)C=C[C@]1(C)COCc1ccccc1. The van der Waals surface area contributed by atoms with Crippen molar-refractivity contribution in [3.05, 3.63) is 83.9 Å². The van der Waals surface area contributed by atoms with Gasteiger partial charge in [-0.1, -0.05) is 86.7 Å². The molecule has 24 heavy (non-hydrogen) atoms. The van der Waals surface area contributed by atoms with Gasteiger partial charge in [0.05, 0.1) is 26.4 Å². The lowest BCUT2D eigenvalue weighted by Gasteiger charge is -2.49. The van der Waals surface area contributed by atoms with Crippen molar-refractivity contribution in [2.24, 2.45) is 10.8 Å². The van der Waals surface area contributed by atoms with Crippen molar-refractivity contribution >= 4 is 0 Å². The molecule has 0 unspecified atom stereocenters. The van der Waals surface area contributed by atoms with E-state index in [2.05, 4.69) is 50.3 Å². The van der Waals surface area contributed by atoms with Crippen molar-refractivity contribution in [2.75, 3.05) is 13.2 Å². The van der Waals surface area contributed by atoms with Crippen LogP contribution in [-0.2, 0) is 22.7 Å². The molecule has 1 aliphatic carbocycles. The summed E-state index contributed by atoms with van der Waals surface area (Å²) in [6.07, 6.45) is 4.51. The molecule has 0 bridgehead atoms. The van der Waals surface area contributed by atoms with Crippen molar-refractivity contribution < 1.29 is 9.47 Å². The zero-order valence-electron chi connectivity index (χ0n) is 14.6. The molecule has 0 amide bonds. The number of rotatable bonds is 8. The van der Waals surface area contributed by atoms with E-state index in [9.17, 15) is 0 Å². The largest absolute Gasteiger partial charge is 0.376 e. The molecule has 3 rings (SSSR count). The van der Waals surface area contributed by atoms with Crippen LogP contribution in [0.15, 0.2) is 72.8 Å². The molecule has 0 aliphatic heterocycles. The van der Waals surface area contributed by atoms with Crippen LogP contribution in [0.3, 0.4) is 0 Å². The first-order chi connectivity index (χ1) is 11.6. The van der Waals surface area contributed by atoms with Gasteiger partial charge in [-0.05, 0) is 11.1 Å². The van der Waals surface area contributed by atoms with Crippen LogP contribution in [-0.4, -0.2) is 13.2 Å². The minimum atomic E-state index is 0.0263. The Balaban J connectivity index is 1.47. The van der Waals surface area contributed by atoms with Crippen LogP contribution < -0.4 is 0 Å². The molecule has 2 aromatic rings. The van der Waals surface area contributed by atoms with Crippen molar-refractivity contribution in [1.29, 1.82) is 0 Å². The Hall–Kier alpha value is -1.90. The minimum absolute atomic E-state index is 0.0263. The van der Waals surface area contributed by atoms with E-state index in [0.29, 0.717) is 26.4 Å². The maximum Gasteiger partial charge on any atom is 0.0717 e. The summed E-state index contributed by atoms with van der Waals surface area (Å²) < 4.78 is 12.0. The number of ether oxygens (including phenoxy) is 2. The van der Waals surface area contributed by atoms with Crippen LogP contribution in [0.25, 0.3) is 0 Å². The van der Waals surface area contributed by atoms with Gasteiger partial charge in [-0.15, -0.1) is 0 Å². The molecule has 0 radical (unpaired) electrons. The molecule has 0 saturated heterocycles. The van der Waals surface area contributed by atoms with Gasteiger partial charge in [-0.25, -0.2) is 0 Å². The summed E-state index contributed by atoms with van der Waals surface area (Å²) in [7, 11) is 0. The predicted molar refractivity (Wildman–Crippen MR) is 97.6 cm³/mol. The van der Waals surface area contributed by atoms with E-state index in [1.54, 1.807) is 0 Å². The van der Waals surface area contributed by atoms with Gasteiger partial charge < -0.3 is 9.47 Å². The van der Waals surface area contributed by atoms with Crippen LogP contribution in [0.2, 0.25) is 0 Å². The van der Waals surface area contributed by atoms with E-state index in [1.165, 1.54) is 11.1 Å². The van der Waals surface area contributed by atoms with Crippen molar-refractivity contribution in [3.8, 4) is 0 Å². The van der Waals surface area contributed by atoms with Gasteiger partial charge in [0.15, 0.2) is 0 Å². The molecule has 0 saturated carbocycles. The predicted octanol–water partition coefficient (Wildman–Crippen LogP) is 5.00. The third kappa shape index (κ3) is 3.77. The average molecular weight is 322 g/mol. The molecular weight excluding hydrogens is 296 g/mol. The van der Waals surface area contributed by atoms with Crippen LogP contribution in [0.4, 0.5) is 0 Å². The topological polar surface area (TPSA) is 18.5 Å². The molecule has 2 aromatic carbocycles. The Kier molecular flexibility index (Phi) is 5.17. The van der Waals surface area contributed by atoms with Gasteiger partial charge in [0.1, 0.15) is 0 Å². The van der Waals surface area contributed by atoms with Crippen molar-refractivity contribution in [1.82, 2.24) is 0 Å². The lowest BCUT2D eigenvalue weighted by atomic mass is 9.58. The summed E-state index contributed by atoms with van der Waals surface area (Å²) in [4.78, 5) is 0. The second kappa shape index (κ2) is 7.33. The number of hydrogen-bond donors (Lipinski definition) is 0. The lowest BCUT2D eigenvalue weighted by molar-refractivity contribution is -0.0501. The van der Waals surface area contributed by atoms with E-state index in [-0.39, 0.29) is 10.8 Å². The Morgan fingerprint density at radius 2 is 1.00 bits per heavy atom. The Morgan fingerprint density at radius 3 is 1.33 bits per heavy atom. The highest BCUT2D eigenvalue weighted by Gasteiger charge is 2.47. The quantitative estimate of drug-likeness (QED) is 0.637. The van der Waals surface area contributed by atoms with E-state index >= 15 is 0 Å². The Morgan fingerprint density at radius 1 is 0.625 bits per heavy atom. The first-order valence-electron chi connectivity index (χ1n) is 8.55. The minimum Gasteiger partial charge on any atom is -0.376 e. The third-order valence-electron chi connectivity index (χ3n) is 5.15. The first-order valence-corrected chi connectivity index (χ1v) is 8.55. The van der Waals surface area contributed by atoms with Crippen molar-refractivity contribution in [3.63, 3.8) is 0 Å². The highest BCUT2D eigenvalue weighted by Crippen LogP contribution is 2.50. The van der Waals surface area contributed by atoms with Crippen LogP contribution in [0.5, 0.6) is 0 Å². The van der Waals surface area contributed by atoms with Crippen LogP contribution in [0.1, 0.15) is 25.0 Å². The van der Waals surface area contributed by atoms with Crippen LogP contribution >= 0.6 is 0 Å². The van der Waals surface area contributed by atoms with Gasteiger partial charge in [0, 0.05) is 10.8 Å². The second-order valence-electron chi connectivity index (χ2n) is 7.13. The fraction of sp³-hybridized carbons (Fsp3) is 0.364. The highest BCUT2D eigenvalue weighted by molar-refractivity contribution is 5.25. The normalized spacial score (nSPS) is 25.4. The van der Waals surface area contributed by atoms with Gasteiger partial charge in [-0.3, -0.25) is 0 Å². The molecule has 126 valence electrons. The molecule has 0 aromatic heterocycles. The zero-order chi connectivity index (χ0) is 16.9. The summed E-state index contributed by atoms with van der Waals surface area (Å²) >= 11 is 0. The van der Waals surface area contributed by atoms with Gasteiger partial charge in [0.25, 0.3) is 0 Å². The summed E-state index contributed by atoms with van der Waals surface area (Å²) in [5.41, 5.74) is 2.48. The fourth-order valence-electron chi connectivity index (χ4n) is 2.99. The second-order valence-corrected chi connectivity index (χ2v) is 7.13. The smallest absolute Gasteiger partial charge is 0.0717 e. The molecule has 0 N–H and O–H groups in total. The summed E-state index contributed by atoms with van der Waals surface area (Å²) in [5.74, 6) is 0. The molecule has 1 aliphatic rings. The molecule has 2 nitrogen and oxygen atoms in total. The Labute approximate surface area is 145 Å². The molecule has 0 spiro atoms. The number of benzene rings is 2. The first kappa shape index (κ1) is 16.9. The molecule has 0 heterocycles. The standard InChI is InChI=1S/C22H26O2/c1-21(17-23-15-19-9-5-3-6-10-19)13-14-22(21,2)18-24-16-20-11-7-4-8-12-20/h3-14H,15-18H2,1-2H3/t21-,22+. The monoisotopic (exact) mass is 322 g/mol. The summed E-state index contributed by atoms with van der Waals surface area (Å²) in [6.45, 7) is 7.25. The molecule has 2 atom stereocenters. The maximum absolute atomic E-state index is 5.98. The van der Waals surface area contributed by atoms with Gasteiger partial charge in [0.2, 0.25) is 0 Å². The zero-order valence-corrected chi connectivity index (χ0v) is 14.6. The van der Waals surface area contributed by atoms with E-state index in [4.69, 9.17) is 9.47 Å². The molecular formula is C22H26O2. The summed E-state index contributed by atoms with van der Waals surface area (Å²) in [5, 5.41) is 0. The summed E-state index contributed by atoms with van der Waals surface area (Å²) in [6, 6.07) is 20.6. The lowest BCUT2D eigenvalue weighted by Crippen LogP contribution is -2.47. The molecule has 0 fully saturated rings. The Bertz CT molecular complexity index is 605. The van der Waals surface area contributed by atoms with E-state index in [1.807, 2.05) is 36.4 Å². The highest BCUT2D eigenvalue weighted by atomic mass is 16.5. The van der Waals surface area contributed by atoms with Crippen LogP contribution in [0, 0.1) is 10.8 Å². The van der Waals surface area contributed by atoms with E-state index in [0.717, 1.165) is 0 Å². The van der Waals surface area contributed by atoms with E-state index < -0.39 is 0 Å². The van der Waals surface area contributed by atoms with Crippen molar-refractivity contribution in [2.45, 2.75) is 27.1 Å². The third-order valence-corrected chi connectivity index (χ3v) is 5.15. The van der Waals surface area contributed by atoms with Gasteiger partial charge in [-0.2, -0.15) is 0 Å². The van der Waals surface area contributed by atoms with Gasteiger partial charge >= 0.3 is 0 Å². The number of hydrogen-bond acceptors (Lipinski definition) is 2.